The molecule has 3 nitrogen and oxygen atoms in total. The van der Waals surface area contributed by atoms with Crippen LogP contribution in [-0.2, 0) is 9.53 Å². The van der Waals surface area contributed by atoms with Crippen LogP contribution in [0.25, 0.3) is 0 Å². The van der Waals surface area contributed by atoms with Gasteiger partial charge in [0.25, 0.3) is 0 Å². The molecule has 0 amide bonds. The van der Waals surface area contributed by atoms with Crippen molar-refractivity contribution in [2.24, 2.45) is 0 Å². The molecule has 1 aliphatic rings. The summed E-state index contributed by atoms with van der Waals surface area (Å²) < 4.78 is 6.37. The predicted molar refractivity (Wildman–Crippen MR) is 68.1 cm³/mol. The Bertz CT molecular complexity index is 399. The van der Waals surface area contributed by atoms with Crippen LogP contribution in [-0.4, -0.2) is 23.8 Å². The van der Waals surface area contributed by atoms with Gasteiger partial charge in [-0.05, 0) is 30.9 Å². The van der Waals surface area contributed by atoms with E-state index in [-0.39, 0.29) is 6.10 Å². The second-order valence-corrected chi connectivity index (χ2v) is 5.14. The van der Waals surface area contributed by atoms with E-state index in [0.29, 0.717) is 6.42 Å². The third-order valence-corrected chi connectivity index (χ3v) is 3.82. The lowest BCUT2D eigenvalue weighted by Gasteiger charge is -2.18. The summed E-state index contributed by atoms with van der Waals surface area (Å²) >= 11 is 3.41. The van der Waals surface area contributed by atoms with E-state index in [4.69, 9.17) is 4.74 Å². The van der Waals surface area contributed by atoms with Crippen LogP contribution in [0.3, 0.4) is 0 Å². The Balaban J connectivity index is 2.17. The van der Waals surface area contributed by atoms with Crippen LogP contribution in [0.2, 0.25) is 0 Å². The Labute approximate surface area is 109 Å². The zero-order valence-corrected chi connectivity index (χ0v) is 11.0. The lowest BCUT2D eigenvalue weighted by molar-refractivity contribution is -0.139. The molecule has 0 aliphatic carbocycles. The van der Waals surface area contributed by atoms with E-state index in [1.165, 1.54) is 0 Å². The van der Waals surface area contributed by atoms with Crippen molar-refractivity contribution in [2.75, 3.05) is 6.61 Å². The van der Waals surface area contributed by atoms with Gasteiger partial charge in [0.15, 0.2) is 0 Å². The maximum absolute atomic E-state index is 11.4. The Kier molecular flexibility index (Phi) is 4.18. The molecule has 0 saturated carbocycles. The molecule has 1 N–H and O–H groups in total. The van der Waals surface area contributed by atoms with Crippen molar-refractivity contribution in [1.82, 2.24) is 0 Å². The summed E-state index contributed by atoms with van der Waals surface area (Å²) in [6.45, 7) is 0.757. The van der Waals surface area contributed by atoms with E-state index in [1.807, 2.05) is 24.3 Å². The number of carboxylic acids is 1. The minimum Gasteiger partial charge on any atom is -0.481 e. The molecule has 1 aromatic rings. The first kappa shape index (κ1) is 12.6. The zero-order valence-electron chi connectivity index (χ0n) is 9.43. The number of aliphatic carboxylic acids is 1. The third kappa shape index (κ3) is 3.07. The first-order valence-corrected chi connectivity index (χ1v) is 6.56. The van der Waals surface area contributed by atoms with Gasteiger partial charge in [-0.15, -0.1) is 0 Å². The van der Waals surface area contributed by atoms with Gasteiger partial charge in [-0.1, -0.05) is 34.1 Å². The van der Waals surface area contributed by atoms with E-state index in [1.54, 1.807) is 0 Å². The summed E-state index contributed by atoms with van der Waals surface area (Å²) in [5, 5.41) is 9.34. The topological polar surface area (TPSA) is 46.5 Å². The summed E-state index contributed by atoms with van der Waals surface area (Å²) in [6, 6.07) is 7.49. The SMILES string of the molecule is O=C(O)C(CC1CCCO1)c1ccccc1Br. The number of rotatable bonds is 4. The fourth-order valence-electron chi connectivity index (χ4n) is 2.21. The molecule has 0 bridgehead atoms. The molecule has 4 heteroatoms. The molecule has 92 valence electrons. The first-order valence-electron chi connectivity index (χ1n) is 5.77. The Morgan fingerprint density at radius 3 is 2.88 bits per heavy atom. The van der Waals surface area contributed by atoms with Crippen molar-refractivity contribution in [1.29, 1.82) is 0 Å². The standard InChI is InChI=1S/C13H15BrO3/c14-12-6-2-1-5-10(12)11(13(15)16)8-9-4-3-7-17-9/h1-2,5-6,9,11H,3-4,7-8H2,(H,15,16). The normalized spacial score (nSPS) is 21.4. The molecule has 1 heterocycles. The maximum Gasteiger partial charge on any atom is 0.311 e. The van der Waals surface area contributed by atoms with Crippen molar-refractivity contribution in [2.45, 2.75) is 31.3 Å². The second-order valence-electron chi connectivity index (χ2n) is 4.28. The van der Waals surface area contributed by atoms with Crippen molar-refractivity contribution in [3.05, 3.63) is 34.3 Å². The number of carbonyl (C=O) groups is 1. The van der Waals surface area contributed by atoms with Crippen LogP contribution in [0, 0.1) is 0 Å². The van der Waals surface area contributed by atoms with Crippen molar-refractivity contribution in [3.8, 4) is 0 Å². The number of ether oxygens (including phenoxy) is 1. The van der Waals surface area contributed by atoms with Crippen LogP contribution in [0.15, 0.2) is 28.7 Å². The van der Waals surface area contributed by atoms with Crippen LogP contribution >= 0.6 is 15.9 Å². The molecule has 1 aromatic carbocycles. The van der Waals surface area contributed by atoms with Crippen molar-refractivity contribution in [3.63, 3.8) is 0 Å². The smallest absolute Gasteiger partial charge is 0.311 e. The number of carboxylic acid groups (broad SMARTS) is 1. The fraction of sp³-hybridized carbons (Fsp3) is 0.462. The van der Waals surface area contributed by atoms with E-state index in [2.05, 4.69) is 15.9 Å². The minimum atomic E-state index is -0.785. The summed E-state index contributed by atoms with van der Waals surface area (Å²) in [6.07, 6.45) is 2.64. The molecule has 1 fully saturated rings. The average Bonchev–Trinajstić information content (AvgIpc) is 2.79. The van der Waals surface area contributed by atoms with Gasteiger partial charge < -0.3 is 9.84 Å². The van der Waals surface area contributed by atoms with Gasteiger partial charge in [-0.2, -0.15) is 0 Å². The number of benzene rings is 1. The van der Waals surface area contributed by atoms with Gasteiger partial charge in [-0.3, -0.25) is 4.79 Å². The molecule has 2 rings (SSSR count). The number of hydrogen-bond acceptors (Lipinski definition) is 2. The monoisotopic (exact) mass is 298 g/mol. The van der Waals surface area contributed by atoms with Gasteiger partial charge in [0, 0.05) is 11.1 Å². The Morgan fingerprint density at radius 1 is 1.53 bits per heavy atom. The Morgan fingerprint density at radius 2 is 2.29 bits per heavy atom. The highest BCUT2D eigenvalue weighted by Gasteiger charge is 2.27. The zero-order chi connectivity index (χ0) is 12.3. The molecule has 2 unspecified atom stereocenters. The van der Waals surface area contributed by atoms with Crippen LogP contribution in [0.5, 0.6) is 0 Å². The van der Waals surface area contributed by atoms with Gasteiger partial charge in [-0.25, -0.2) is 0 Å². The highest BCUT2D eigenvalue weighted by molar-refractivity contribution is 9.10. The predicted octanol–water partition coefficient (Wildman–Crippen LogP) is 3.19. The quantitative estimate of drug-likeness (QED) is 0.928. The van der Waals surface area contributed by atoms with Gasteiger partial charge in [0.1, 0.15) is 0 Å². The largest absolute Gasteiger partial charge is 0.481 e. The molecular formula is C13H15BrO3. The average molecular weight is 299 g/mol. The third-order valence-electron chi connectivity index (χ3n) is 3.10. The highest BCUT2D eigenvalue weighted by Crippen LogP contribution is 2.31. The number of halogens is 1. The van der Waals surface area contributed by atoms with E-state index >= 15 is 0 Å². The van der Waals surface area contributed by atoms with Crippen molar-refractivity contribution >= 4 is 21.9 Å². The lowest BCUT2D eigenvalue weighted by Crippen LogP contribution is -2.19. The van der Waals surface area contributed by atoms with Gasteiger partial charge >= 0.3 is 5.97 Å². The Hall–Kier alpha value is -0.870. The molecule has 1 aliphatic heterocycles. The summed E-state index contributed by atoms with van der Waals surface area (Å²) in [7, 11) is 0. The van der Waals surface area contributed by atoms with Crippen LogP contribution in [0.4, 0.5) is 0 Å². The second kappa shape index (κ2) is 5.65. The molecule has 2 atom stereocenters. The highest BCUT2D eigenvalue weighted by atomic mass is 79.9. The van der Waals surface area contributed by atoms with Crippen LogP contribution < -0.4 is 0 Å². The molecular weight excluding hydrogens is 284 g/mol. The molecule has 0 aromatic heterocycles. The fourth-order valence-corrected chi connectivity index (χ4v) is 2.77. The van der Waals surface area contributed by atoms with Crippen molar-refractivity contribution < 1.29 is 14.6 Å². The minimum absolute atomic E-state index is 0.0863. The van der Waals surface area contributed by atoms with E-state index in [0.717, 1.165) is 29.5 Å². The number of hydrogen-bond donors (Lipinski definition) is 1. The first-order chi connectivity index (χ1) is 8.18. The summed E-state index contributed by atoms with van der Waals surface area (Å²) in [4.78, 5) is 11.4. The summed E-state index contributed by atoms with van der Waals surface area (Å²) in [5.74, 6) is -1.28. The van der Waals surface area contributed by atoms with Gasteiger partial charge in [0.2, 0.25) is 0 Å². The molecule has 1 saturated heterocycles. The molecule has 0 spiro atoms. The molecule has 17 heavy (non-hydrogen) atoms. The van der Waals surface area contributed by atoms with Gasteiger partial charge in [0.05, 0.1) is 12.0 Å². The van der Waals surface area contributed by atoms with E-state index in [9.17, 15) is 9.90 Å². The summed E-state index contributed by atoms with van der Waals surface area (Å²) in [5.41, 5.74) is 0.829. The lowest BCUT2D eigenvalue weighted by atomic mass is 9.92. The van der Waals surface area contributed by atoms with Crippen LogP contribution in [0.1, 0.15) is 30.7 Å². The molecule has 0 radical (unpaired) electrons. The maximum atomic E-state index is 11.4. The van der Waals surface area contributed by atoms with E-state index < -0.39 is 11.9 Å².